The van der Waals surface area contributed by atoms with Crippen LogP contribution in [0.2, 0.25) is 0 Å². The molecule has 0 aromatic heterocycles. The Labute approximate surface area is 93.1 Å². The molecular formula is C10H9NO4S. The van der Waals surface area contributed by atoms with E-state index < -0.39 is 9.84 Å². The van der Waals surface area contributed by atoms with Gasteiger partial charge in [0.05, 0.1) is 10.5 Å². The zero-order valence-corrected chi connectivity index (χ0v) is 9.37. The van der Waals surface area contributed by atoms with Gasteiger partial charge >= 0.3 is 0 Å². The van der Waals surface area contributed by atoms with Gasteiger partial charge in [0.15, 0.2) is 21.3 Å². The third-order valence-electron chi connectivity index (χ3n) is 2.16. The van der Waals surface area contributed by atoms with E-state index in [4.69, 9.17) is 14.7 Å². The van der Waals surface area contributed by atoms with Gasteiger partial charge in [0.25, 0.3) is 0 Å². The first-order chi connectivity index (χ1) is 7.52. The summed E-state index contributed by atoms with van der Waals surface area (Å²) >= 11 is 0. The topological polar surface area (TPSA) is 76.4 Å². The van der Waals surface area contributed by atoms with Crippen molar-refractivity contribution in [1.82, 2.24) is 0 Å². The normalized spacial score (nSPS) is 14.2. The van der Waals surface area contributed by atoms with E-state index in [1.165, 1.54) is 12.1 Å². The fraction of sp³-hybridized carbons (Fsp3) is 0.300. The Balaban J connectivity index is 2.67. The van der Waals surface area contributed by atoms with Crippen molar-refractivity contribution in [3.8, 4) is 17.6 Å². The number of benzene rings is 1. The van der Waals surface area contributed by atoms with Gasteiger partial charge in [-0.3, -0.25) is 0 Å². The highest BCUT2D eigenvalue weighted by Gasteiger charge is 2.20. The highest BCUT2D eigenvalue weighted by Crippen LogP contribution is 2.34. The minimum Gasteiger partial charge on any atom is -0.486 e. The van der Waals surface area contributed by atoms with Crippen molar-refractivity contribution in [2.24, 2.45) is 0 Å². The molecule has 1 aliphatic heterocycles. The molecule has 0 atom stereocenters. The quantitative estimate of drug-likeness (QED) is 0.722. The smallest absolute Gasteiger partial charge is 0.176 e. The van der Waals surface area contributed by atoms with Crippen LogP contribution in [0.3, 0.4) is 0 Å². The molecule has 0 saturated heterocycles. The first kappa shape index (κ1) is 10.8. The molecule has 5 nitrogen and oxygen atoms in total. The molecule has 6 heteroatoms. The summed E-state index contributed by atoms with van der Waals surface area (Å²) in [6, 6.07) is 4.57. The molecule has 0 bridgehead atoms. The van der Waals surface area contributed by atoms with Gasteiger partial charge in [0.2, 0.25) is 0 Å². The molecule has 84 valence electrons. The highest BCUT2D eigenvalue weighted by atomic mass is 32.2. The molecule has 0 amide bonds. The van der Waals surface area contributed by atoms with E-state index in [9.17, 15) is 8.42 Å². The SMILES string of the molecule is CS(=O)(=O)c1cc2c(cc1C#N)OCCO2. The maximum Gasteiger partial charge on any atom is 0.176 e. The summed E-state index contributed by atoms with van der Waals surface area (Å²) in [7, 11) is -3.44. The summed E-state index contributed by atoms with van der Waals surface area (Å²) in [6.45, 7) is 0.776. The molecule has 1 aliphatic rings. The van der Waals surface area contributed by atoms with Crippen molar-refractivity contribution in [1.29, 1.82) is 5.26 Å². The molecule has 16 heavy (non-hydrogen) atoms. The summed E-state index contributed by atoms with van der Waals surface area (Å²) < 4.78 is 33.4. The van der Waals surface area contributed by atoms with Crippen LogP contribution >= 0.6 is 0 Å². The van der Waals surface area contributed by atoms with E-state index in [0.29, 0.717) is 24.7 Å². The molecule has 0 saturated carbocycles. The number of fused-ring (bicyclic) bond motifs is 1. The molecule has 0 aliphatic carbocycles. The Kier molecular flexibility index (Phi) is 2.48. The fourth-order valence-corrected chi connectivity index (χ4v) is 2.29. The van der Waals surface area contributed by atoms with Gasteiger partial charge in [-0.05, 0) is 0 Å². The highest BCUT2D eigenvalue weighted by molar-refractivity contribution is 7.90. The van der Waals surface area contributed by atoms with Crippen molar-refractivity contribution in [2.45, 2.75) is 4.90 Å². The Hall–Kier alpha value is -1.74. The third-order valence-corrected chi connectivity index (χ3v) is 3.30. The second kappa shape index (κ2) is 3.68. The molecule has 0 N–H and O–H groups in total. The van der Waals surface area contributed by atoms with E-state index in [0.717, 1.165) is 6.26 Å². The summed E-state index contributed by atoms with van der Waals surface area (Å²) in [5.41, 5.74) is 0.0757. The monoisotopic (exact) mass is 239 g/mol. The lowest BCUT2D eigenvalue weighted by Gasteiger charge is -2.19. The molecule has 1 aromatic rings. The number of hydrogen-bond acceptors (Lipinski definition) is 5. The number of hydrogen-bond donors (Lipinski definition) is 0. The maximum atomic E-state index is 11.5. The summed E-state index contributed by atoms with van der Waals surface area (Å²) in [5, 5.41) is 8.87. The van der Waals surface area contributed by atoms with Gasteiger partial charge in [0.1, 0.15) is 19.3 Å². The Morgan fingerprint density at radius 1 is 1.25 bits per heavy atom. The second-order valence-electron chi connectivity index (χ2n) is 3.38. The van der Waals surface area contributed by atoms with Crippen molar-refractivity contribution < 1.29 is 17.9 Å². The number of ether oxygens (including phenoxy) is 2. The fourth-order valence-electron chi connectivity index (χ4n) is 1.46. The minimum atomic E-state index is -3.44. The predicted octanol–water partition coefficient (Wildman–Crippen LogP) is 0.733. The molecule has 0 radical (unpaired) electrons. The number of nitriles is 1. The van der Waals surface area contributed by atoms with Gasteiger partial charge in [-0.25, -0.2) is 8.42 Å². The van der Waals surface area contributed by atoms with Crippen LogP contribution < -0.4 is 9.47 Å². The molecule has 1 heterocycles. The molecule has 0 fully saturated rings. The lowest BCUT2D eigenvalue weighted by atomic mass is 10.2. The van der Waals surface area contributed by atoms with Crippen LogP contribution in [0.4, 0.5) is 0 Å². The van der Waals surface area contributed by atoms with Gasteiger partial charge in [-0.2, -0.15) is 5.26 Å². The van der Waals surface area contributed by atoms with E-state index in [-0.39, 0.29) is 10.5 Å². The van der Waals surface area contributed by atoms with Crippen LogP contribution in [0.1, 0.15) is 5.56 Å². The van der Waals surface area contributed by atoms with Crippen LogP contribution in [-0.4, -0.2) is 27.9 Å². The van der Waals surface area contributed by atoms with E-state index in [1.807, 2.05) is 6.07 Å². The average Bonchev–Trinajstić information content (AvgIpc) is 2.26. The van der Waals surface area contributed by atoms with E-state index >= 15 is 0 Å². The lowest BCUT2D eigenvalue weighted by Crippen LogP contribution is -2.16. The van der Waals surface area contributed by atoms with Crippen molar-refractivity contribution >= 4 is 9.84 Å². The average molecular weight is 239 g/mol. The van der Waals surface area contributed by atoms with Crippen LogP contribution in [0, 0.1) is 11.3 Å². The summed E-state index contributed by atoms with van der Waals surface area (Å²) in [4.78, 5) is -0.0285. The molecule has 0 spiro atoms. The molecule has 2 rings (SSSR count). The molecular weight excluding hydrogens is 230 g/mol. The summed E-state index contributed by atoms with van der Waals surface area (Å²) in [5.74, 6) is 0.779. The van der Waals surface area contributed by atoms with Gasteiger partial charge in [-0.1, -0.05) is 0 Å². The Morgan fingerprint density at radius 3 is 2.31 bits per heavy atom. The minimum absolute atomic E-state index is 0.0285. The lowest BCUT2D eigenvalue weighted by molar-refractivity contribution is 0.171. The maximum absolute atomic E-state index is 11.5. The van der Waals surface area contributed by atoms with Crippen LogP contribution in [0.5, 0.6) is 11.5 Å². The molecule has 0 unspecified atom stereocenters. The van der Waals surface area contributed by atoms with Crippen molar-refractivity contribution in [2.75, 3.05) is 19.5 Å². The van der Waals surface area contributed by atoms with Gasteiger partial charge < -0.3 is 9.47 Å². The predicted molar refractivity (Wildman–Crippen MR) is 55.3 cm³/mol. The Morgan fingerprint density at radius 2 is 1.81 bits per heavy atom. The first-order valence-corrected chi connectivity index (χ1v) is 6.45. The first-order valence-electron chi connectivity index (χ1n) is 4.56. The third kappa shape index (κ3) is 1.82. The number of nitrogens with zero attached hydrogens (tertiary/aromatic N) is 1. The van der Waals surface area contributed by atoms with Crippen molar-refractivity contribution in [3.05, 3.63) is 17.7 Å². The second-order valence-corrected chi connectivity index (χ2v) is 5.36. The van der Waals surface area contributed by atoms with E-state index in [2.05, 4.69) is 0 Å². The zero-order chi connectivity index (χ0) is 11.8. The Bertz CT molecular complexity index is 571. The molecule has 1 aromatic carbocycles. The standard InChI is InChI=1S/C10H9NO4S/c1-16(12,13)10-5-9-8(4-7(10)6-11)14-2-3-15-9/h4-5H,2-3H2,1H3. The number of rotatable bonds is 1. The van der Waals surface area contributed by atoms with Crippen LogP contribution in [0.25, 0.3) is 0 Å². The van der Waals surface area contributed by atoms with Crippen LogP contribution in [0.15, 0.2) is 17.0 Å². The zero-order valence-electron chi connectivity index (χ0n) is 8.56. The van der Waals surface area contributed by atoms with Gasteiger partial charge in [-0.15, -0.1) is 0 Å². The van der Waals surface area contributed by atoms with E-state index in [1.54, 1.807) is 0 Å². The number of sulfone groups is 1. The van der Waals surface area contributed by atoms with Crippen molar-refractivity contribution in [3.63, 3.8) is 0 Å². The van der Waals surface area contributed by atoms with Crippen LogP contribution in [-0.2, 0) is 9.84 Å². The largest absolute Gasteiger partial charge is 0.486 e. The van der Waals surface area contributed by atoms with Gasteiger partial charge in [0, 0.05) is 18.4 Å². The summed E-state index contributed by atoms with van der Waals surface area (Å²) in [6.07, 6.45) is 1.05.